The van der Waals surface area contributed by atoms with E-state index in [2.05, 4.69) is 24.1 Å². The van der Waals surface area contributed by atoms with Gasteiger partial charge in [0.2, 0.25) is 5.91 Å². The average molecular weight is 523 g/mol. The molecule has 1 fully saturated rings. The summed E-state index contributed by atoms with van der Waals surface area (Å²) >= 11 is 0.233. The second-order valence-corrected chi connectivity index (χ2v) is 9.64. The quantitative estimate of drug-likeness (QED) is 0.422. The van der Waals surface area contributed by atoms with Crippen LogP contribution in [0, 0.1) is 12.7 Å². The Bertz CT molecular complexity index is 965. The molecule has 36 heavy (non-hydrogen) atoms. The second kappa shape index (κ2) is 15.9. The molecule has 1 atom stereocenters. The topological polar surface area (TPSA) is 52.6 Å². The minimum Gasteiger partial charge on any atom is -0.508 e. The molecular weight excluding hydrogens is 478 g/mol. The first-order valence-corrected chi connectivity index (χ1v) is 13.9. The molecule has 1 amide bonds. The largest absolute Gasteiger partial charge is 0.508 e. The monoisotopic (exact) mass is 522 g/mol. The molecular formula is C29H44F2N2O2S. The molecule has 2 aromatic carbocycles. The molecule has 4 rings (SSSR count). The van der Waals surface area contributed by atoms with Crippen molar-refractivity contribution in [1.29, 1.82) is 0 Å². The van der Waals surface area contributed by atoms with E-state index in [0.717, 1.165) is 61.2 Å². The Morgan fingerprint density at radius 2 is 1.69 bits per heavy atom. The van der Waals surface area contributed by atoms with Crippen molar-refractivity contribution in [3.63, 3.8) is 0 Å². The summed E-state index contributed by atoms with van der Waals surface area (Å²) in [5, 5.41) is 12.1. The summed E-state index contributed by atoms with van der Waals surface area (Å²) in [6.07, 6.45) is 6.43. The standard InChI is InChI=1S/C15H19FN2O.C9H11FOS.C3H8.C2H6/c1-10-8-11(16)9-12-13(10)17-14(19)15(12,2)18-6-4-3-5-7-18;1-2-3-7-6-8(11)4-5-9(7)12-10;1-3-2;1-2/h8-9H,3-7H2,1-2H3,(H,17,19);4-6,11H,2-3H2,1H3;3H2,1-2H3;1-2H3. The maximum Gasteiger partial charge on any atom is 0.249 e. The number of rotatable bonds is 4. The van der Waals surface area contributed by atoms with Gasteiger partial charge >= 0.3 is 0 Å². The molecule has 7 heteroatoms. The summed E-state index contributed by atoms with van der Waals surface area (Å²) in [5.74, 6) is -0.0923. The van der Waals surface area contributed by atoms with E-state index >= 15 is 0 Å². The summed E-state index contributed by atoms with van der Waals surface area (Å²) in [5.41, 5.74) is 2.54. The van der Waals surface area contributed by atoms with Gasteiger partial charge < -0.3 is 10.4 Å². The van der Waals surface area contributed by atoms with Gasteiger partial charge in [-0.2, -0.15) is 3.89 Å². The zero-order valence-corrected chi connectivity index (χ0v) is 23.8. The van der Waals surface area contributed by atoms with Crippen LogP contribution >= 0.6 is 12.1 Å². The zero-order valence-electron chi connectivity index (χ0n) is 23.0. The predicted molar refractivity (Wildman–Crippen MR) is 149 cm³/mol. The number of aromatic hydroxyl groups is 1. The molecule has 0 aliphatic carbocycles. The number of nitrogens with zero attached hydrogens (tertiary/aromatic N) is 1. The summed E-state index contributed by atoms with van der Waals surface area (Å²) in [6.45, 7) is 15.8. The molecule has 1 saturated heterocycles. The molecule has 202 valence electrons. The lowest BCUT2D eigenvalue weighted by atomic mass is 9.88. The van der Waals surface area contributed by atoms with E-state index < -0.39 is 5.54 Å². The maximum atomic E-state index is 13.7. The predicted octanol–water partition coefficient (Wildman–Crippen LogP) is 8.55. The Morgan fingerprint density at radius 3 is 2.25 bits per heavy atom. The smallest absolute Gasteiger partial charge is 0.249 e. The summed E-state index contributed by atoms with van der Waals surface area (Å²) in [4.78, 5) is 15.2. The number of phenolic OH excluding ortho intramolecular Hbond substituents is 1. The Balaban J connectivity index is 0.000000329. The van der Waals surface area contributed by atoms with Crippen molar-refractivity contribution in [3.8, 4) is 5.75 Å². The highest BCUT2D eigenvalue weighted by Gasteiger charge is 2.48. The zero-order chi connectivity index (χ0) is 27.3. The van der Waals surface area contributed by atoms with Gasteiger partial charge in [0.15, 0.2) is 0 Å². The van der Waals surface area contributed by atoms with Crippen LogP contribution in [0.3, 0.4) is 0 Å². The molecule has 2 aliphatic heterocycles. The third-order valence-electron chi connectivity index (χ3n) is 6.14. The van der Waals surface area contributed by atoms with Crippen LogP contribution in [0.25, 0.3) is 0 Å². The lowest BCUT2D eigenvalue weighted by Gasteiger charge is -2.39. The minimum atomic E-state index is -0.720. The molecule has 0 bridgehead atoms. The van der Waals surface area contributed by atoms with E-state index in [1.54, 1.807) is 12.1 Å². The van der Waals surface area contributed by atoms with Crippen LogP contribution in [0.2, 0.25) is 0 Å². The first kappa shape index (κ1) is 31.9. The molecule has 0 aromatic heterocycles. The molecule has 1 unspecified atom stereocenters. The van der Waals surface area contributed by atoms with Crippen LogP contribution in [0.1, 0.15) is 90.3 Å². The molecule has 2 heterocycles. The normalized spacial score (nSPS) is 18.4. The van der Waals surface area contributed by atoms with Crippen molar-refractivity contribution in [2.24, 2.45) is 0 Å². The molecule has 0 radical (unpaired) electrons. The van der Waals surface area contributed by atoms with E-state index in [1.807, 2.05) is 34.6 Å². The van der Waals surface area contributed by atoms with E-state index in [4.69, 9.17) is 5.11 Å². The van der Waals surface area contributed by atoms with E-state index in [0.29, 0.717) is 4.90 Å². The van der Waals surface area contributed by atoms with Crippen molar-refractivity contribution >= 4 is 23.7 Å². The Kier molecular flexibility index (Phi) is 14.1. The number of phenols is 1. The molecule has 4 nitrogen and oxygen atoms in total. The highest BCUT2D eigenvalue weighted by molar-refractivity contribution is 7.94. The molecule has 0 spiro atoms. The lowest BCUT2D eigenvalue weighted by molar-refractivity contribution is -0.127. The number of nitrogens with one attached hydrogen (secondary N) is 1. The van der Waals surface area contributed by atoms with E-state index in [9.17, 15) is 13.1 Å². The Hall–Kier alpha value is -2.12. The number of benzene rings is 2. The van der Waals surface area contributed by atoms with Crippen LogP contribution in [0.4, 0.5) is 14.0 Å². The summed E-state index contributed by atoms with van der Waals surface area (Å²) < 4.78 is 26.0. The third-order valence-corrected chi connectivity index (χ3v) is 6.70. The van der Waals surface area contributed by atoms with Gasteiger partial charge in [0.25, 0.3) is 0 Å². The number of fused-ring (bicyclic) bond motifs is 1. The second-order valence-electron chi connectivity index (χ2n) is 9.05. The number of likely N-dealkylation sites (tertiary alicyclic amines) is 1. The van der Waals surface area contributed by atoms with E-state index in [-0.39, 0.29) is 29.6 Å². The highest BCUT2D eigenvalue weighted by atomic mass is 32.2. The van der Waals surface area contributed by atoms with Crippen LogP contribution in [0.5, 0.6) is 5.75 Å². The van der Waals surface area contributed by atoms with Gasteiger partial charge in [0.05, 0.1) is 12.1 Å². The van der Waals surface area contributed by atoms with Gasteiger partial charge in [-0.05, 0) is 87.7 Å². The fourth-order valence-electron chi connectivity index (χ4n) is 4.41. The van der Waals surface area contributed by atoms with Gasteiger partial charge in [-0.1, -0.05) is 53.9 Å². The Morgan fingerprint density at radius 1 is 1.08 bits per heavy atom. The number of hydrogen-bond acceptors (Lipinski definition) is 4. The number of amides is 1. The number of carbonyl (C=O) groups excluding carboxylic acids is 1. The van der Waals surface area contributed by atoms with Crippen molar-refractivity contribution < 1.29 is 18.2 Å². The number of anilines is 1. The van der Waals surface area contributed by atoms with Crippen LogP contribution < -0.4 is 5.32 Å². The third kappa shape index (κ3) is 7.94. The molecule has 2 N–H and O–H groups in total. The average Bonchev–Trinajstić information content (AvgIpc) is 3.13. The van der Waals surface area contributed by atoms with Crippen molar-refractivity contribution in [1.82, 2.24) is 4.90 Å². The number of aryl methyl sites for hydroxylation is 2. The van der Waals surface area contributed by atoms with Crippen molar-refractivity contribution in [2.75, 3.05) is 18.4 Å². The van der Waals surface area contributed by atoms with Gasteiger partial charge in [-0.25, -0.2) is 4.39 Å². The van der Waals surface area contributed by atoms with Crippen molar-refractivity contribution in [2.45, 2.75) is 97.4 Å². The SMILES string of the molecule is CC.CCC.CCCc1cc(O)ccc1SF.Cc1cc(F)cc2c1NC(=O)C2(C)N1CCCCC1. The number of carbonyl (C=O) groups is 1. The maximum absolute atomic E-state index is 13.7. The summed E-state index contributed by atoms with van der Waals surface area (Å²) in [6, 6.07) is 7.70. The lowest BCUT2D eigenvalue weighted by Crippen LogP contribution is -2.50. The first-order chi connectivity index (χ1) is 17.2. The fourth-order valence-corrected chi connectivity index (χ4v) is 4.79. The number of halogens is 2. The molecule has 2 aliphatic rings. The van der Waals surface area contributed by atoms with Crippen molar-refractivity contribution in [3.05, 3.63) is 52.8 Å². The van der Waals surface area contributed by atoms with Gasteiger partial charge in [-0.3, -0.25) is 9.69 Å². The number of piperidine rings is 1. The fraction of sp³-hybridized carbons (Fsp3) is 0.552. The van der Waals surface area contributed by atoms with Gasteiger partial charge in [0.1, 0.15) is 17.1 Å². The minimum absolute atomic E-state index is 0.0295. The number of hydrogen-bond donors (Lipinski definition) is 2. The van der Waals surface area contributed by atoms with E-state index in [1.165, 1.54) is 31.0 Å². The van der Waals surface area contributed by atoms with Gasteiger partial charge in [0, 0.05) is 16.1 Å². The molecule has 2 aromatic rings. The molecule has 0 saturated carbocycles. The van der Waals surface area contributed by atoms with Crippen LogP contribution in [-0.4, -0.2) is 29.0 Å². The van der Waals surface area contributed by atoms with Gasteiger partial charge in [-0.15, -0.1) is 0 Å². The summed E-state index contributed by atoms with van der Waals surface area (Å²) in [7, 11) is 0. The van der Waals surface area contributed by atoms with Crippen LogP contribution in [-0.2, 0) is 16.8 Å². The highest BCUT2D eigenvalue weighted by Crippen LogP contribution is 2.43. The Labute approximate surface area is 221 Å². The van der Waals surface area contributed by atoms with Crippen LogP contribution in [0.15, 0.2) is 35.2 Å². The first-order valence-electron chi connectivity index (χ1n) is 13.2.